The van der Waals surface area contributed by atoms with Crippen molar-refractivity contribution in [1.29, 1.82) is 0 Å². The second-order valence-electron chi connectivity index (χ2n) is 5.39. The van der Waals surface area contributed by atoms with E-state index in [9.17, 15) is 0 Å². The molecule has 0 spiro atoms. The molecule has 21 heavy (non-hydrogen) atoms. The lowest BCUT2D eigenvalue weighted by Crippen LogP contribution is -2.04. The fourth-order valence-electron chi connectivity index (χ4n) is 2.85. The lowest BCUT2D eigenvalue weighted by Gasteiger charge is -2.11. The van der Waals surface area contributed by atoms with Gasteiger partial charge in [0.25, 0.3) is 0 Å². The van der Waals surface area contributed by atoms with Crippen LogP contribution in [0.5, 0.6) is 0 Å². The molecule has 5 heteroatoms. The van der Waals surface area contributed by atoms with Gasteiger partial charge in [0.15, 0.2) is 0 Å². The molecule has 0 saturated heterocycles. The summed E-state index contributed by atoms with van der Waals surface area (Å²) in [5, 5.41) is 1.76. The Hall–Kier alpha value is -0.830. The Kier molecular flexibility index (Phi) is 4.68. The lowest BCUT2D eigenvalue weighted by molar-refractivity contribution is 0.686. The van der Waals surface area contributed by atoms with Crippen molar-refractivity contribution in [3.05, 3.63) is 56.5 Å². The van der Waals surface area contributed by atoms with E-state index < -0.39 is 0 Å². The van der Waals surface area contributed by atoms with Gasteiger partial charge in [-0.25, -0.2) is 9.97 Å². The minimum absolute atomic E-state index is 0.491. The van der Waals surface area contributed by atoms with Gasteiger partial charge in [-0.05, 0) is 36.6 Å². The maximum atomic E-state index is 6.21. The molecule has 2 aromatic rings. The molecule has 0 radical (unpaired) electrons. The molecule has 1 saturated carbocycles. The average molecular weight is 342 g/mol. The van der Waals surface area contributed by atoms with E-state index in [0.717, 1.165) is 11.3 Å². The van der Waals surface area contributed by atoms with Crippen molar-refractivity contribution >= 4 is 34.8 Å². The van der Waals surface area contributed by atoms with Crippen molar-refractivity contribution in [2.24, 2.45) is 0 Å². The third kappa shape index (κ3) is 3.50. The topological polar surface area (TPSA) is 25.8 Å². The van der Waals surface area contributed by atoms with Crippen molar-refractivity contribution in [2.45, 2.75) is 38.0 Å². The summed E-state index contributed by atoms with van der Waals surface area (Å²) in [6.45, 7) is 0. The third-order valence-electron chi connectivity index (χ3n) is 3.93. The zero-order valence-electron chi connectivity index (χ0n) is 11.5. The molecule has 1 heterocycles. The Balaban J connectivity index is 1.91. The Morgan fingerprint density at radius 3 is 2.33 bits per heavy atom. The minimum Gasteiger partial charge on any atom is -0.237 e. The Morgan fingerprint density at radius 2 is 1.67 bits per heavy atom. The molecule has 1 aliphatic carbocycles. The maximum absolute atomic E-state index is 6.21. The monoisotopic (exact) mass is 340 g/mol. The molecule has 0 amide bonds. The van der Waals surface area contributed by atoms with E-state index in [0.29, 0.717) is 33.4 Å². The van der Waals surface area contributed by atoms with E-state index in [1.165, 1.54) is 25.7 Å². The van der Waals surface area contributed by atoms with E-state index in [1.807, 2.05) is 24.3 Å². The molecule has 110 valence electrons. The highest BCUT2D eigenvalue weighted by Crippen LogP contribution is 2.34. The van der Waals surface area contributed by atoms with Crippen molar-refractivity contribution in [3.8, 4) is 0 Å². The summed E-state index contributed by atoms with van der Waals surface area (Å²) in [4.78, 5) is 9.00. The molecule has 0 aliphatic heterocycles. The summed E-state index contributed by atoms with van der Waals surface area (Å²) in [5.41, 5.74) is 1.89. The molecule has 1 aromatic carbocycles. The predicted molar refractivity (Wildman–Crippen MR) is 87.5 cm³/mol. The van der Waals surface area contributed by atoms with Gasteiger partial charge in [0, 0.05) is 28.1 Å². The van der Waals surface area contributed by atoms with Gasteiger partial charge in [-0.2, -0.15) is 0 Å². The second kappa shape index (κ2) is 6.51. The summed E-state index contributed by atoms with van der Waals surface area (Å²) in [7, 11) is 0. The highest BCUT2D eigenvalue weighted by molar-refractivity contribution is 6.36. The van der Waals surface area contributed by atoms with Gasteiger partial charge in [-0.15, -0.1) is 0 Å². The van der Waals surface area contributed by atoms with Crippen molar-refractivity contribution in [2.75, 3.05) is 0 Å². The van der Waals surface area contributed by atoms with Crippen LogP contribution in [0.1, 0.15) is 48.7 Å². The van der Waals surface area contributed by atoms with Gasteiger partial charge >= 0.3 is 0 Å². The van der Waals surface area contributed by atoms with Crippen LogP contribution in [0.25, 0.3) is 0 Å². The fraction of sp³-hybridized carbons (Fsp3) is 0.375. The highest BCUT2D eigenvalue weighted by Gasteiger charge is 2.20. The van der Waals surface area contributed by atoms with Gasteiger partial charge in [-0.1, -0.05) is 53.7 Å². The molecule has 2 nitrogen and oxygen atoms in total. The number of hydrogen-bond donors (Lipinski definition) is 0. The molecule has 3 rings (SSSR count). The van der Waals surface area contributed by atoms with E-state index >= 15 is 0 Å². The maximum Gasteiger partial charge on any atom is 0.134 e. The molecular weight excluding hydrogens is 327 g/mol. The number of halogens is 3. The third-order valence-corrected chi connectivity index (χ3v) is 4.83. The van der Waals surface area contributed by atoms with Crippen LogP contribution in [0.4, 0.5) is 0 Å². The predicted octanol–water partition coefficient (Wildman–Crippen LogP) is 5.69. The number of rotatable bonds is 3. The Labute approximate surface area is 139 Å². The zero-order valence-corrected chi connectivity index (χ0v) is 13.7. The van der Waals surface area contributed by atoms with Crippen LogP contribution in [0, 0.1) is 0 Å². The minimum atomic E-state index is 0.491. The molecule has 1 aromatic heterocycles. The fourth-order valence-corrected chi connectivity index (χ4v) is 3.59. The van der Waals surface area contributed by atoms with Crippen molar-refractivity contribution in [3.63, 3.8) is 0 Å². The summed E-state index contributed by atoms with van der Waals surface area (Å²) >= 11 is 18.6. The number of hydrogen-bond acceptors (Lipinski definition) is 2. The SMILES string of the molecule is Clc1cc(C2CCCC2)nc(Cc2c(Cl)cccc2Cl)n1. The first-order valence-corrected chi connectivity index (χ1v) is 8.23. The molecule has 0 atom stereocenters. The molecule has 1 aliphatic rings. The first-order chi connectivity index (χ1) is 10.1. The van der Waals surface area contributed by atoms with E-state index in [-0.39, 0.29) is 0 Å². The first kappa shape index (κ1) is 15.1. The summed E-state index contributed by atoms with van der Waals surface area (Å²) in [5.74, 6) is 1.19. The van der Waals surface area contributed by atoms with Crippen LogP contribution in [-0.2, 0) is 6.42 Å². The number of aromatic nitrogens is 2. The summed E-state index contributed by atoms with van der Waals surface area (Å²) in [6, 6.07) is 7.36. The van der Waals surface area contributed by atoms with Gasteiger partial charge in [0.1, 0.15) is 11.0 Å². The van der Waals surface area contributed by atoms with Gasteiger partial charge in [-0.3, -0.25) is 0 Å². The van der Waals surface area contributed by atoms with Crippen LogP contribution < -0.4 is 0 Å². The standard InChI is InChI=1S/C16H15Cl3N2/c17-12-6-3-7-13(18)11(12)8-16-20-14(9-15(19)21-16)10-4-1-2-5-10/h3,6-7,9-10H,1-2,4-5,8H2. The van der Waals surface area contributed by atoms with Crippen LogP contribution in [0.3, 0.4) is 0 Å². The Morgan fingerprint density at radius 1 is 1.00 bits per heavy atom. The second-order valence-corrected chi connectivity index (χ2v) is 6.59. The number of nitrogens with zero attached hydrogens (tertiary/aromatic N) is 2. The van der Waals surface area contributed by atoms with Crippen LogP contribution in [0.2, 0.25) is 15.2 Å². The zero-order chi connectivity index (χ0) is 14.8. The van der Waals surface area contributed by atoms with E-state index in [1.54, 1.807) is 0 Å². The molecule has 0 unspecified atom stereocenters. The molecular formula is C16H15Cl3N2. The average Bonchev–Trinajstić information content (AvgIpc) is 2.97. The molecule has 1 fully saturated rings. The quantitative estimate of drug-likeness (QED) is 0.671. The number of benzene rings is 1. The Bertz CT molecular complexity index is 632. The van der Waals surface area contributed by atoms with Crippen LogP contribution in [0.15, 0.2) is 24.3 Å². The van der Waals surface area contributed by atoms with E-state index in [2.05, 4.69) is 9.97 Å². The highest BCUT2D eigenvalue weighted by atomic mass is 35.5. The smallest absolute Gasteiger partial charge is 0.134 e. The van der Waals surface area contributed by atoms with Gasteiger partial charge < -0.3 is 0 Å². The van der Waals surface area contributed by atoms with E-state index in [4.69, 9.17) is 34.8 Å². The largest absolute Gasteiger partial charge is 0.237 e. The van der Waals surface area contributed by atoms with Crippen molar-refractivity contribution < 1.29 is 0 Å². The van der Waals surface area contributed by atoms with Gasteiger partial charge in [0.05, 0.1) is 0 Å². The normalized spacial score (nSPS) is 15.6. The lowest BCUT2D eigenvalue weighted by atomic mass is 10.0. The van der Waals surface area contributed by atoms with Crippen molar-refractivity contribution in [1.82, 2.24) is 9.97 Å². The van der Waals surface area contributed by atoms with Crippen LogP contribution >= 0.6 is 34.8 Å². The van der Waals surface area contributed by atoms with Gasteiger partial charge in [0.2, 0.25) is 0 Å². The molecule has 0 N–H and O–H groups in total. The summed E-state index contributed by atoms with van der Waals surface area (Å²) < 4.78 is 0. The molecule has 0 bridgehead atoms. The van der Waals surface area contributed by atoms with Crippen LogP contribution in [-0.4, -0.2) is 9.97 Å². The first-order valence-electron chi connectivity index (χ1n) is 7.10. The summed E-state index contributed by atoms with van der Waals surface area (Å²) in [6.07, 6.45) is 5.38.